The van der Waals surface area contributed by atoms with Gasteiger partial charge in [-0.05, 0) is 41.5 Å². The summed E-state index contributed by atoms with van der Waals surface area (Å²) in [6.07, 6.45) is 3.67. The number of methoxy groups -OCH3 is 3. The van der Waals surface area contributed by atoms with E-state index in [1.54, 1.807) is 27.5 Å². The van der Waals surface area contributed by atoms with Gasteiger partial charge in [-0.15, -0.1) is 0 Å². The number of ether oxygens (including phenoxy) is 3. The lowest BCUT2D eigenvalue weighted by molar-refractivity contribution is 0.324. The van der Waals surface area contributed by atoms with Crippen LogP contribution in [0.5, 0.6) is 17.2 Å². The summed E-state index contributed by atoms with van der Waals surface area (Å²) in [5, 5.41) is 4.23. The molecule has 3 aromatic rings. The van der Waals surface area contributed by atoms with Gasteiger partial charge in [0.25, 0.3) is 0 Å². The maximum absolute atomic E-state index is 5.40. The molecule has 0 N–H and O–H groups in total. The van der Waals surface area contributed by atoms with Crippen molar-refractivity contribution in [3.63, 3.8) is 0 Å². The summed E-state index contributed by atoms with van der Waals surface area (Å²) in [6, 6.07) is 13.9. The Morgan fingerprint density at radius 1 is 0.826 bits per heavy atom. The zero-order chi connectivity index (χ0) is 16.2. The Balaban J connectivity index is 2.01. The van der Waals surface area contributed by atoms with Crippen LogP contribution in [0.4, 0.5) is 0 Å². The molecule has 5 heteroatoms. The van der Waals surface area contributed by atoms with Crippen LogP contribution in [-0.4, -0.2) is 31.1 Å². The van der Waals surface area contributed by atoms with Crippen LogP contribution in [0.3, 0.4) is 0 Å². The molecule has 3 rings (SSSR count). The molecule has 1 aromatic heterocycles. The molecule has 0 radical (unpaired) electrons. The van der Waals surface area contributed by atoms with Gasteiger partial charge in [0.15, 0.2) is 11.5 Å². The van der Waals surface area contributed by atoms with Gasteiger partial charge < -0.3 is 14.2 Å². The Bertz CT molecular complexity index is 756. The van der Waals surface area contributed by atoms with Crippen molar-refractivity contribution in [2.24, 2.45) is 0 Å². The van der Waals surface area contributed by atoms with Gasteiger partial charge in [-0.2, -0.15) is 5.10 Å². The Kier molecular flexibility index (Phi) is 4.19. The normalized spacial score (nSPS) is 10.4. The van der Waals surface area contributed by atoms with Crippen LogP contribution in [0.1, 0.15) is 0 Å². The molecule has 118 valence electrons. The standard InChI is InChI=1S/C18H18N2O3/c1-21-16-11-14(12-17(22-2)18(16)23-3)13-5-7-15(8-6-13)20-10-4-9-19-20/h4-12H,1-3H3. The van der Waals surface area contributed by atoms with Crippen molar-refractivity contribution >= 4 is 0 Å². The Morgan fingerprint density at radius 2 is 1.48 bits per heavy atom. The molecule has 0 aliphatic rings. The molecular formula is C18H18N2O3. The zero-order valence-corrected chi connectivity index (χ0v) is 13.3. The fourth-order valence-electron chi connectivity index (χ4n) is 2.48. The third kappa shape index (κ3) is 2.85. The molecule has 0 saturated carbocycles. The highest BCUT2D eigenvalue weighted by molar-refractivity contribution is 5.71. The molecule has 0 unspecified atom stereocenters. The lowest BCUT2D eigenvalue weighted by Crippen LogP contribution is -1.96. The molecule has 0 aliphatic heterocycles. The first-order valence-corrected chi connectivity index (χ1v) is 7.17. The number of hydrogen-bond donors (Lipinski definition) is 0. The molecule has 1 heterocycles. The van der Waals surface area contributed by atoms with Gasteiger partial charge in [-0.1, -0.05) is 12.1 Å². The minimum absolute atomic E-state index is 0.590. The van der Waals surface area contributed by atoms with Gasteiger partial charge in [-0.25, -0.2) is 4.68 Å². The third-order valence-corrected chi connectivity index (χ3v) is 3.63. The van der Waals surface area contributed by atoms with Crippen LogP contribution in [0.25, 0.3) is 16.8 Å². The van der Waals surface area contributed by atoms with Crippen LogP contribution >= 0.6 is 0 Å². The lowest BCUT2D eigenvalue weighted by atomic mass is 10.0. The van der Waals surface area contributed by atoms with Crippen molar-refractivity contribution in [2.45, 2.75) is 0 Å². The Hall–Kier alpha value is -2.95. The van der Waals surface area contributed by atoms with E-state index in [9.17, 15) is 0 Å². The molecule has 2 aromatic carbocycles. The minimum atomic E-state index is 0.590. The molecule has 0 atom stereocenters. The molecule has 0 fully saturated rings. The van der Waals surface area contributed by atoms with Crippen LogP contribution < -0.4 is 14.2 Å². The molecule has 0 aliphatic carbocycles. The first-order chi connectivity index (χ1) is 11.3. The highest BCUT2D eigenvalue weighted by Gasteiger charge is 2.14. The van der Waals surface area contributed by atoms with E-state index in [2.05, 4.69) is 5.10 Å². The monoisotopic (exact) mass is 310 g/mol. The number of hydrogen-bond acceptors (Lipinski definition) is 4. The average molecular weight is 310 g/mol. The van der Waals surface area contributed by atoms with Gasteiger partial charge in [0.1, 0.15) is 0 Å². The van der Waals surface area contributed by atoms with Gasteiger partial charge in [0, 0.05) is 12.4 Å². The highest BCUT2D eigenvalue weighted by atomic mass is 16.5. The number of aromatic nitrogens is 2. The van der Waals surface area contributed by atoms with Gasteiger partial charge in [0.2, 0.25) is 5.75 Å². The van der Waals surface area contributed by atoms with Gasteiger partial charge in [-0.3, -0.25) is 0 Å². The van der Waals surface area contributed by atoms with E-state index in [-0.39, 0.29) is 0 Å². The van der Waals surface area contributed by atoms with Crippen LogP contribution in [0.15, 0.2) is 54.9 Å². The summed E-state index contributed by atoms with van der Waals surface area (Å²) in [7, 11) is 4.82. The van der Waals surface area contributed by atoms with Crippen molar-refractivity contribution in [1.29, 1.82) is 0 Å². The third-order valence-electron chi connectivity index (χ3n) is 3.63. The molecule has 0 amide bonds. The van der Waals surface area contributed by atoms with Crippen molar-refractivity contribution in [1.82, 2.24) is 9.78 Å². The molecule has 5 nitrogen and oxygen atoms in total. The summed E-state index contributed by atoms with van der Waals surface area (Å²) in [4.78, 5) is 0. The summed E-state index contributed by atoms with van der Waals surface area (Å²) < 4.78 is 18.0. The zero-order valence-electron chi connectivity index (χ0n) is 13.3. The second kappa shape index (κ2) is 6.44. The van der Waals surface area contributed by atoms with Crippen molar-refractivity contribution < 1.29 is 14.2 Å². The first kappa shape index (κ1) is 15.0. The summed E-state index contributed by atoms with van der Waals surface area (Å²) in [5.74, 6) is 1.86. The SMILES string of the molecule is COc1cc(-c2ccc(-n3cccn3)cc2)cc(OC)c1OC. The smallest absolute Gasteiger partial charge is 0.203 e. The topological polar surface area (TPSA) is 45.5 Å². The summed E-state index contributed by atoms with van der Waals surface area (Å²) in [6.45, 7) is 0. The predicted octanol–water partition coefficient (Wildman–Crippen LogP) is 3.57. The first-order valence-electron chi connectivity index (χ1n) is 7.17. The molecule has 0 saturated heterocycles. The van der Waals surface area contributed by atoms with E-state index in [0.717, 1.165) is 16.8 Å². The van der Waals surface area contributed by atoms with Gasteiger partial charge >= 0.3 is 0 Å². The molecular weight excluding hydrogens is 292 g/mol. The van der Waals surface area contributed by atoms with E-state index >= 15 is 0 Å². The van der Waals surface area contributed by atoms with E-state index in [1.165, 1.54) is 0 Å². The fraction of sp³-hybridized carbons (Fsp3) is 0.167. The van der Waals surface area contributed by atoms with Crippen LogP contribution in [0, 0.1) is 0 Å². The van der Waals surface area contributed by atoms with E-state index in [4.69, 9.17) is 14.2 Å². The number of nitrogens with zero attached hydrogens (tertiary/aromatic N) is 2. The number of benzene rings is 2. The second-order valence-corrected chi connectivity index (χ2v) is 4.91. The molecule has 0 bridgehead atoms. The second-order valence-electron chi connectivity index (χ2n) is 4.91. The van der Waals surface area contributed by atoms with E-state index in [0.29, 0.717) is 17.2 Å². The minimum Gasteiger partial charge on any atom is -0.493 e. The van der Waals surface area contributed by atoms with Crippen molar-refractivity contribution in [3.05, 3.63) is 54.9 Å². The van der Waals surface area contributed by atoms with E-state index < -0.39 is 0 Å². The molecule has 23 heavy (non-hydrogen) atoms. The Labute approximate surface area is 135 Å². The fourth-order valence-corrected chi connectivity index (χ4v) is 2.48. The highest BCUT2D eigenvalue weighted by Crippen LogP contribution is 2.41. The van der Waals surface area contributed by atoms with Gasteiger partial charge in [0.05, 0.1) is 27.0 Å². The maximum atomic E-state index is 5.40. The summed E-state index contributed by atoms with van der Waals surface area (Å²) >= 11 is 0. The van der Waals surface area contributed by atoms with Crippen LogP contribution in [0.2, 0.25) is 0 Å². The van der Waals surface area contributed by atoms with E-state index in [1.807, 2.05) is 53.3 Å². The number of rotatable bonds is 5. The Morgan fingerprint density at radius 3 is 1.96 bits per heavy atom. The summed E-state index contributed by atoms with van der Waals surface area (Å²) in [5.41, 5.74) is 3.05. The quantitative estimate of drug-likeness (QED) is 0.723. The molecule has 0 spiro atoms. The van der Waals surface area contributed by atoms with Crippen LogP contribution in [-0.2, 0) is 0 Å². The average Bonchev–Trinajstić information content (AvgIpc) is 3.15. The van der Waals surface area contributed by atoms with Crippen molar-refractivity contribution in [2.75, 3.05) is 21.3 Å². The lowest BCUT2D eigenvalue weighted by Gasteiger charge is -2.14. The predicted molar refractivity (Wildman–Crippen MR) is 88.7 cm³/mol. The largest absolute Gasteiger partial charge is 0.493 e. The van der Waals surface area contributed by atoms with Crippen molar-refractivity contribution in [3.8, 4) is 34.1 Å². The maximum Gasteiger partial charge on any atom is 0.203 e.